The molecule has 0 aromatic carbocycles. The summed E-state index contributed by atoms with van der Waals surface area (Å²) in [5.41, 5.74) is 0.221. The molecule has 1 N–H and O–H groups in total. The van der Waals surface area contributed by atoms with Gasteiger partial charge in [0, 0.05) is 13.1 Å². The smallest absolute Gasteiger partial charge is 0.311 e. The van der Waals surface area contributed by atoms with Crippen LogP contribution >= 0.6 is 11.3 Å². The lowest BCUT2D eigenvalue weighted by Crippen LogP contribution is -2.36. The van der Waals surface area contributed by atoms with Crippen molar-refractivity contribution in [2.75, 3.05) is 13.1 Å². The molecule has 1 aliphatic rings. The fraction of sp³-hybridized carbons (Fsp3) is 0.538. The molecule has 2 atom stereocenters. The van der Waals surface area contributed by atoms with E-state index in [-0.39, 0.29) is 11.8 Å². The fourth-order valence-corrected chi connectivity index (χ4v) is 3.02. The second-order valence-corrected chi connectivity index (χ2v) is 5.93. The van der Waals surface area contributed by atoms with Crippen molar-refractivity contribution in [1.29, 1.82) is 0 Å². The molecule has 1 aromatic rings. The Balaban J connectivity index is 2.06. The minimum Gasteiger partial charge on any atom is -0.481 e. The molecular weight excluding hydrogens is 250 g/mol. The number of hydrogen-bond acceptors (Lipinski definition) is 3. The Morgan fingerprint density at radius 1 is 1.56 bits per heavy atom. The highest BCUT2D eigenvalue weighted by atomic mass is 32.1. The van der Waals surface area contributed by atoms with Crippen LogP contribution in [0.5, 0.6) is 0 Å². The third kappa shape index (κ3) is 2.27. The molecule has 0 aliphatic carbocycles. The summed E-state index contributed by atoms with van der Waals surface area (Å²) in [5, 5.41) is 13.1. The maximum atomic E-state index is 12.3. The number of rotatable bonds is 3. The third-order valence-corrected chi connectivity index (χ3v) is 4.42. The van der Waals surface area contributed by atoms with Gasteiger partial charge in [0.1, 0.15) is 0 Å². The Morgan fingerprint density at radius 3 is 2.78 bits per heavy atom. The van der Waals surface area contributed by atoms with Gasteiger partial charge in [-0.2, -0.15) is 11.3 Å². The Kier molecular flexibility index (Phi) is 3.43. The third-order valence-electron chi connectivity index (χ3n) is 3.71. The number of thiophene rings is 1. The number of carboxylic acid groups (broad SMARTS) is 1. The van der Waals surface area contributed by atoms with Gasteiger partial charge in [-0.1, -0.05) is 0 Å². The first-order chi connectivity index (χ1) is 8.44. The van der Waals surface area contributed by atoms with Crippen LogP contribution in [0, 0.1) is 5.41 Å². The van der Waals surface area contributed by atoms with Crippen LogP contribution in [0.4, 0.5) is 0 Å². The molecule has 2 unspecified atom stereocenters. The molecular formula is C13H17NO3S. The summed E-state index contributed by atoms with van der Waals surface area (Å²) in [5.74, 6) is -0.980. The van der Waals surface area contributed by atoms with Gasteiger partial charge in [0.15, 0.2) is 0 Å². The van der Waals surface area contributed by atoms with Crippen LogP contribution in [-0.2, 0) is 9.59 Å². The van der Waals surface area contributed by atoms with Gasteiger partial charge in [0.05, 0.1) is 11.3 Å². The lowest BCUT2D eigenvalue weighted by molar-refractivity contribution is -0.147. The zero-order chi connectivity index (χ0) is 13.3. The van der Waals surface area contributed by atoms with Gasteiger partial charge >= 0.3 is 5.97 Å². The predicted molar refractivity (Wildman–Crippen MR) is 69.7 cm³/mol. The van der Waals surface area contributed by atoms with Crippen molar-refractivity contribution in [3.8, 4) is 0 Å². The van der Waals surface area contributed by atoms with Crippen LogP contribution in [0.25, 0.3) is 0 Å². The van der Waals surface area contributed by atoms with Crippen LogP contribution in [-0.4, -0.2) is 35.0 Å². The van der Waals surface area contributed by atoms with Crippen molar-refractivity contribution in [1.82, 2.24) is 4.90 Å². The maximum absolute atomic E-state index is 12.3. The number of likely N-dealkylation sites (tertiary alicyclic amines) is 1. The van der Waals surface area contributed by atoms with E-state index in [0.29, 0.717) is 19.5 Å². The van der Waals surface area contributed by atoms with E-state index >= 15 is 0 Å². The van der Waals surface area contributed by atoms with Gasteiger partial charge in [-0.15, -0.1) is 0 Å². The quantitative estimate of drug-likeness (QED) is 0.913. The van der Waals surface area contributed by atoms with Gasteiger partial charge in [0.25, 0.3) is 0 Å². The summed E-state index contributed by atoms with van der Waals surface area (Å²) < 4.78 is 0. The topological polar surface area (TPSA) is 57.6 Å². The number of nitrogens with zero attached hydrogens (tertiary/aromatic N) is 1. The molecule has 1 fully saturated rings. The summed E-state index contributed by atoms with van der Waals surface area (Å²) in [6.07, 6.45) is 0.532. The second-order valence-electron chi connectivity index (χ2n) is 5.15. The highest BCUT2D eigenvalue weighted by Gasteiger charge is 2.42. The monoisotopic (exact) mass is 267 g/mol. The van der Waals surface area contributed by atoms with Gasteiger partial charge in [-0.3, -0.25) is 9.59 Å². The average Bonchev–Trinajstić information content (AvgIpc) is 2.96. The Hall–Kier alpha value is -1.36. The first-order valence-electron chi connectivity index (χ1n) is 5.98. The summed E-state index contributed by atoms with van der Waals surface area (Å²) in [4.78, 5) is 25.1. The van der Waals surface area contributed by atoms with Crippen LogP contribution in [0.2, 0.25) is 0 Å². The van der Waals surface area contributed by atoms with Crippen molar-refractivity contribution in [2.45, 2.75) is 26.2 Å². The van der Waals surface area contributed by atoms with E-state index in [1.807, 2.05) is 23.8 Å². The number of aliphatic carboxylic acids is 1. The van der Waals surface area contributed by atoms with Crippen LogP contribution in [0.3, 0.4) is 0 Å². The zero-order valence-electron chi connectivity index (χ0n) is 10.5. The normalized spacial score (nSPS) is 25.1. The van der Waals surface area contributed by atoms with Crippen molar-refractivity contribution in [2.24, 2.45) is 5.41 Å². The number of carbonyl (C=O) groups is 2. The molecule has 4 nitrogen and oxygen atoms in total. The molecule has 0 spiro atoms. The van der Waals surface area contributed by atoms with Crippen molar-refractivity contribution in [3.05, 3.63) is 22.4 Å². The SMILES string of the molecule is CC(C(=O)N1CCC(C)(C(=O)O)C1)c1ccsc1. The van der Waals surface area contributed by atoms with E-state index in [1.54, 1.807) is 23.2 Å². The standard InChI is InChI=1S/C13H17NO3S/c1-9(10-3-6-18-7-10)11(15)14-5-4-13(2,8-14)12(16)17/h3,6-7,9H,4-5,8H2,1-2H3,(H,16,17). The lowest BCUT2D eigenvalue weighted by atomic mass is 9.90. The lowest BCUT2D eigenvalue weighted by Gasteiger charge is -2.22. The molecule has 98 valence electrons. The van der Waals surface area contributed by atoms with Gasteiger partial charge < -0.3 is 10.0 Å². The van der Waals surface area contributed by atoms with E-state index < -0.39 is 11.4 Å². The molecule has 18 heavy (non-hydrogen) atoms. The number of carboxylic acids is 1. The Bertz CT molecular complexity index is 457. The van der Waals surface area contributed by atoms with Crippen LogP contribution < -0.4 is 0 Å². The van der Waals surface area contributed by atoms with Gasteiger partial charge in [-0.25, -0.2) is 0 Å². The molecule has 0 saturated carbocycles. The highest BCUT2D eigenvalue weighted by Crippen LogP contribution is 2.32. The highest BCUT2D eigenvalue weighted by molar-refractivity contribution is 7.08. The molecule has 1 aromatic heterocycles. The summed E-state index contributed by atoms with van der Waals surface area (Å²) in [6, 6.07) is 1.94. The largest absolute Gasteiger partial charge is 0.481 e. The summed E-state index contributed by atoms with van der Waals surface area (Å²) in [7, 11) is 0. The molecule has 2 rings (SSSR count). The van der Waals surface area contributed by atoms with E-state index in [0.717, 1.165) is 5.56 Å². The fourth-order valence-electron chi connectivity index (χ4n) is 2.26. The van der Waals surface area contributed by atoms with Gasteiger partial charge in [0.2, 0.25) is 5.91 Å². The minimum atomic E-state index is -0.819. The Morgan fingerprint density at radius 2 is 2.28 bits per heavy atom. The van der Waals surface area contributed by atoms with Crippen LogP contribution in [0.15, 0.2) is 16.8 Å². The van der Waals surface area contributed by atoms with Gasteiger partial charge in [-0.05, 0) is 42.7 Å². The first kappa shape index (κ1) is 13.1. The molecule has 1 saturated heterocycles. The Labute approximate surface area is 110 Å². The molecule has 1 amide bonds. The molecule has 0 bridgehead atoms. The summed E-state index contributed by atoms with van der Waals surface area (Å²) >= 11 is 1.57. The van der Waals surface area contributed by atoms with E-state index in [4.69, 9.17) is 5.11 Å². The molecule has 2 heterocycles. The average molecular weight is 267 g/mol. The van der Waals surface area contributed by atoms with E-state index in [9.17, 15) is 9.59 Å². The van der Waals surface area contributed by atoms with Crippen molar-refractivity contribution >= 4 is 23.2 Å². The molecule has 1 aliphatic heterocycles. The van der Waals surface area contributed by atoms with Crippen molar-refractivity contribution in [3.63, 3.8) is 0 Å². The number of amides is 1. The number of carbonyl (C=O) groups excluding carboxylic acids is 1. The second kappa shape index (κ2) is 4.72. The molecule has 0 radical (unpaired) electrons. The zero-order valence-corrected chi connectivity index (χ0v) is 11.4. The number of hydrogen-bond donors (Lipinski definition) is 1. The maximum Gasteiger partial charge on any atom is 0.311 e. The predicted octanol–water partition coefficient (Wildman–Crippen LogP) is 2.17. The minimum absolute atomic E-state index is 0.0263. The van der Waals surface area contributed by atoms with E-state index in [2.05, 4.69) is 0 Å². The first-order valence-corrected chi connectivity index (χ1v) is 6.92. The van der Waals surface area contributed by atoms with Crippen LogP contribution in [0.1, 0.15) is 31.7 Å². The summed E-state index contributed by atoms with van der Waals surface area (Å²) in [6.45, 7) is 4.43. The van der Waals surface area contributed by atoms with Crippen molar-refractivity contribution < 1.29 is 14.7 Å². The molecule has 5 heteroatoms. The van der Waals surface area contributed by atoms with E-state index in [1.165, 1.54) is 0 Å².